The number of hydrogen-bond donors (Lipinski definition) is 2. The fourth-order valence-corrected chi connectivity index (χ4v) is 3.36. The van der Waals surface area contributed by atoms with Gasteiger partial charge in [-0.25, -0.2) is 4.98 Å². The van der Waals surface area contributed by atoms with Crippen LogP contribution in [0.1, 0.15) is 30.1 Å². The van der Waals surface area contributed by atoms with Crippen LogP contribution in [0.15, 0.2) is 18.3 Å². The van der Waals surface area contributed by atoms with Gasteiger partial charge in [0.25, 0.3) is 0 Å². The summed E-state index contributed by atoms with van der Waals surface area (Å²) < 4.78 is 5.37. The van der Waals surface area contributed by atoms with Crippen LogP contribution >= 0.6 is 11.3 Å². The monoisotopic (exact) mass is 277 g/mol. The molecule has 3 rings (SSSR count). The number of rotatable bonds is 4. The standard InChI is InChI=1S/C14H19N3OS/c1-3-10-4-5-13(19-10)12-8-16-14(17-12)11-6-9(18-2)7-15-11/h4-5,8-9,11,15H,3,6-7H2,1-2H3,(H,16,17). The van der Waals surface area contributed by atoms with Crippen molar-refractivity contribution in [1.29, 1.82) is 0 Å². The molecule has 0 aromatic carbocycles. The van der Waals surface area contributed by atoms with Crippen LogP contribution in [-0.2, 0) is 11.2 Å². The lowest BCUT2D eigenvalue weighted by molar-refractivity contribution is 0.117. The molecule has 4 nitrogen and oxygen atoms in total. The smallest absolute Gasteiger partial charge is 0.123 e. The van der Waals surface area contributed by atoms with Crippen molar-refractivity contribution in [2.75, 3.05) is 13.7 Å². The summed E-state index contributed by atoms with van der Waals surface area (Å²) >= 11 is 1.83. The minimum absolute atomic E-state index is 0.282. The van der Waals surface area contributed by atoms with Gasteiger partial charge in [-0.05, 0) is 25.0 Å². The highest BCUT2D eigenvalue weighted by Crippen LogP contribution is 2.29. The number of nitrogens with zero attached hydrogens (tertiary/aromatic N) is 1. The van der Waals surface area contributed by atoms with Crippen LogP contribution in [0.4, 0.5) is 0 Å². The Bertz CT molecular complexity index is 548. The topological polar surface area (TPSA) is 49.9 Å². The van der Waals surface area contributed by atoms with Crippen LogP contribution in [0.25, 0.3) is 10.6 Å². The van der Waals surface area contributed by atoms with E-state index >= 15 is 0 Å². The summed E-state index contributed by atoms with van der Waals surface area (Å²) in [6.45, 7) is 3.08. The quantitative estimate of drug-likeness (QED) is 0.903. The van der Waals surface area contributed by atoms with E-state index in [1.807, 2.05) is 17.5 Å². The molecule has 1 fully saturated rings. The van der Waals surface area contributed by atoms with Crippen LogP contribution in [0.3, 0.4) is 0 Å². The largest absolute Gasteiger partial charge is 0.380 e. The maximum Gasteiger partial charge on any atom is 0.123 e. The van der Waals surface area contributed by atoms with Gasteiger partial charge in [0.15, 0.2) is 0 Å². The summed E-state index contributed by atoms with van der Waals surface area (Å²) in [5.41, 5.74) is 1.11. The highest BCUT2D eigenvalue weighted by Gasteiger charge is 2.27. The number of methoxy groups -OCH3 is 1. The predicted octanol–water partition coefficient (Wildman–Crippen LogP) is 2.75. The molecule has 102 valence electrons. The average Bonchev–Trinajstić information content (AvgIpc) is 3.16. The number of ether oxygens (including phenoxy) is 1. The Balaban J connectivity index is 1.76. The number of thiophene rings is 1. The second-order valence-electron chi connectivity index (χ2n) is 4.86. The van der Waals surface area contributed by atoms with Crippen LogP contribution in [-0.4, -0.2) is 29.7 Å². The van der Waals surface area contributed by atoms with Crippen molar-refractivity contribution in [3.05, 3.63) is 29.0 Å². The van der Waals surface area contributed by atoms with Crippen molar-refractivity contribution >= 4 is 11.3 Å². The molecule has 2 N–H and O–H groups in total. The first-order valence-electron chi connectivity index (χ1n) is 6.70. The molecular formula is C14H19N3OS. The van der Waals surface area contributed by atoms with Crippen molar-refractivity contribution in [3.63, 3.8) is 0 Å². The second kappa shape index (κ2) is 5.45. The van der Waals surface area contributed by atoms with E-state index in [1.54, 1.807) is 7.11 Å². The Morgan fingerprint density at radius 2 is 2.37 bits per heavy atom. The Morgan fingerprint density at radius 1 is 1.47 bits per heavy atom. The molecule has 2 atom stereocenters. The number of aryl methyl sites for hydroxylation is 1. The molecule has 1 aliphatic heterocycles. The summed E-state index contributed by atoms with van der Waals surface area (Å²) in [6.07, 6.45) is 4.30. The van der Waals surface area contributed by atoms with Gasteiger partial charge in [-0.1, -0.05) is 6.92 Å². The fourth-order valence-electron chi connectivity index (χ4n) is 2.44. The molecule has 0 radical (unpaired) electrons. The lowest BCUT2D eigenvalue weighted by atomic mass is 10.2. The first-order chi connectivity index (χ1) is 9.30. The number of hydrogen-bond acceptors (Lipinski definition) is 4. The second-order valence-corrected chi connectivity index (χ2v) is 6.02. The zero-order valence-corrected chi connectivity index (χ0v) is 12.1. The highest BCUT2D eigenvalue weighted by molar-refractivity contribution is 7.15. The molecule has 5 heteroatoms. The van der Waals surface area contributed by atoms with Gasteiger partial charge in [0.1, 0.15) is 5.82 Å². The number of H-pyrrole nitrogens is 1. The van der Waals surface area contributed by atoms with Gasteiger partial charge < -0.3 is 15.0 Å². The molecule has 2 unspecified atom stereocenters. The van der Waals surface area contributed by atoms with E-state index in [1.165, 1.54) is 9.75 Å². The van der Waals surface area contributed by atoms with Crippen molar-refractivity contribution in [2.24, 2.45) is 0 Å². The van der Waals surface area contributed by atoms with Crippen molar-refractivity contribution in [3.8, 4) is 10.6 Å². The molecule has 2 aromatic rings. The molecule has 0 saturated carbocycles. The lowest BCUT2D eigenvalue weighted by Crippen LogP contribution is -2.16. The average molecular weight is 277 g/mol. The normalized spacial score (nSPS) is 23.1. The molecule has 19 heavy (non-hydrogen) atoms. The zero-order chi connectivity index (χ0) is 13.2. The molecular weight excluding hydrogens is 258 g/mol. The molecule has 2 aromatic heterocycles. The van der Waals surface area contributed by atoms with Gasteiger partial charge in [0.2, 0.25) is 0 Å². The molecule has 1 saturated heterocycles. The fraction of sp³-hybridized carbons (Fsp3) is 0.500. The van der Waals surface area contributed by atoms with E-state index in [4.69, 9.17) is 4.74 Å². The highest BCUT2D eigenvalue weighted by atomic mass is 32.1. The number of aromatic nitrogens is 2. The minimum Gasteiger partial charge on any atom is -0.380 e. The molecule has 0 aliphatic carbocycles. The van der Waals surface area contributed by atoms with E-state index in [9.17, 15) is 0 Å². The maximum atomic E-state index is 5.37. The van der Waals surface area contributed by atoms with Crippen LogP contribution in [0.5, 0.6) is 0 Å². The third-order valence-electron chi connectivity index (χ3n) is 3.62. The summed E-state index contributed by atoms with van der Waals surface area (Å²) in [6, 6.07) is 4.64. The maximum absolute atomic E-state index is 5.37. The third-order valence-corrected chi connectivity index (χ3v) is 4.89. The molecule has 3 heterocycles. The summed E-state index contributed by atoms with van der Waals surface area (Å²) in [7, 11) is 1.76. The molecule has 1 aliphatic rings. The summed E-state index contributed by atoms with van der Waals surface area (Å²) in [4.78, 5) is 10.6. The van der Waals surface area contributed by atoms with E-state index in [0.717, 1.165) is 30.9 Å². The SMILES string of the molecule is CCc1ccc(-c2cnc(C3CC(OC)CN3)[nH]2)s1. The van der Waals surface area contributed by atoms with E-state index < -0.39 is 0 Å². The summed E-state index contributed by atoms with van der Waals surface area (Å²) in [5.74, 6) is 1.01. The van der Waals surface area contributed by atoms with Crippen LogP contribution in [0.2, 0.25) is 0 Å². The Kier molecular flexibility index (Phi) is 3.68. The number of aromatic amines is 1. The summed E-state index contributed by atoms with van der Waals surface area (Å²) in [5, 5.41) is 3.44. The number of nitrogens with one attached hydrogen (secondary N) is 2. The zero-order valence-electron chi connectivity index (χ0n) is 11.3. The third kappa shape index (κ3) is 2.59. The number of imidazole rings is 1. The van der Waals surface area contributed by atoms with Crippen LogP contribution < -0.4 is 5.32 Å². The van der Waals surface area contributed by atoms with E-state index in [0.29, 0.717) is 6.10 Å². The van der Waals surface area contributed by atoms with Gasteiger partial charge >= 0.3 is 0 Å². The van der Waals surface area contributed by atoms with Crippen molar-refractivity contribution < 1.29 is 4.74 Å². The Labute approximate surface area is 117 Å². The lowest BCUT2D eigenvalue weighted by Gasteiger charge is -2.06. The first kappa shape index (κ1) is 12.8. The van der Waals surface area contributed by atoms with Crippen LogP contribution in [0, 0.1) is 0 Å². The van der Waals surface area contributed by atoms with E-state index in [-0.39, 0.29) is 6.04 Å². The van der Waals surface area contributed by atoms with Crippen molar-refractivity contribution in [2.45, 2.75) is 31.9 Å². The van der Waals surface area contributed by atoms with Gasteiger partial charge in [0, 0.05) is 18.5 Å². The van der Waals surface area contributed by atoms with Gasteiger partial charge in [0.05, 0.1) is 28.9 Å². The first-order valence-corrected chi connectivity index (χ1v) is 7.52. The van der Waals surface area contributed by atoms with Gasteiger partial charge in [-0.15, -0.1) is 11.3 Å². The van der Waals surface area contributed by atoms with Gasteiger partial charge in [-0.2, -0.15) is 0 Å². The minimum atomic E-state index is 0.282. The molecule has 0 bridgehead atoms. The molecule has 0 amide bonds. The Hall–Kier alpha value is -1.17. The predicted molar refractivity (Wildman–Crippen MR) is 77.4 cm³/mol. The molecule has 0 spiro atoms. The Morgan fingerprint density at radius 3 is 3.05 bits per heavy atom. The van der Waals surface area contributed by atoms with E-state index in [2.05, 4.69) is 34.3 Å². The van der Waals surface area contributed by atoms with Gasteiger partial charge in [-0.3, -0.25) is 0 Å². The van der Waals surface area contributed by atoms with Crippen molar-refractivity contribution in [1.82, 2.24) is 15.3 Å².